The van der Waals surface area contributed by atoms with Crippen LogP contribution in [0.3, 0.4) is 0 Å². The number of carbonyl (C=O) groups is 1. The second-order valence-electron chi connectivity index (χ2n) is 7.05. The third kappa shape index (κ3) is 4.42. The molecule has 2 aromatic carbocycles. The first-order chi connectivity index (χ1) is 13.4. The lowest BCUT2D eigenvalue weighted by molar-refractivity contribution is -0.124. The number of nitrogens with one attached hydrogen (secondary N) is 1. The maximum absolute atomic E-state index is 13.8. The Morgan fingerprint density at radius 3 is 2.57 bits per heavy atom. The van der Waals surface area contributed by atoms with Crippen LogP contribution in [0.4, 0.5) is 4.39 Å². The topological polar surface area (TPSA) is 66.5 Å². The standard InChI is InChI=1S/C21H25FN2O3S/c1-2-3-12-23-21(25)20-15-24(28(26,27)18-10-5-4-6-11-18)14-19(20)16-8-7-9-17(22)13-16/h4-11,13,19-20H,2-3,12,14-15H2,1H3,(H,23,25)/t19-,20+/m1/s1. The Morgan fingerprint density at radius 2 is 1.89 bits per heavy atom. The number of nitrogens with zero attached hydrogens (tertiary/aromatic N) is 1. The van der Waals surface area contributed by atoms with Crippen molar-refractivity contribution in [3.8, 4) is 0 Å². The van der Waals surface area contributed by atoms with Crippen molar-refractivity contribution in [2.75, 3.05) is 19.6 Å². The summed E-state index contributed by atoms with van der Waals surface area (Å²) in [5, 5.41) is 2.90. The van der Waals surface area contributed by atoms with E-state index < -0.39 is 27.7 Å². The van der Waals surface area contributed by atoms with E-state index in [1.54, 1.807) is 42.5 Å². The van der Waals surface area contributed by atoms with Crippen LogP contribution in [0.2, 0.25) is 0 Å². The van der Waals surface area contributed by atoms with Crippen molar-refractivity contribution in [3.05, 3.63) is 66.0 Å². The summed E-state index contributed by atoms with van der Waals surface area (Å²) in [7, 11) is -3.72. The summed E-state index contributed by atoms with van der Waals surface area (Å²) in [5.41, 5.74) is 0.640. The molecule has 1 aliphatic rings. The average Bonchev–Trinajstić information content (AvgIpc) is 3.15. The van der Waals surface area contributed by atoms with Crippen molar-refractivity contribution in [1.82, 2.24) is 9.62 Å². The molecule has 3 rings (SSSR count). The second-order valence-corrected chi connectivity index (χ2v) is 8.99. The van der Waals surface area contributed by atoms with E-state index in [-0.39, 0.29) is 23.9 Å². The van der Waals surface area contributed by atoms with Crippen molar-refractivity contribution >= 4 is 15.9 Å². The first-order valence-electron chi connectivity index (χ1n) is 9.52. The highest BCUT2D eigenvalue weighted by atomic mass is 32.2. The zero-order valence-electron chi connectivity index (χ0n) is 15.8. The SMILES string of the molecule is CCCCNC(=O)[C@H]1CN(S(=O)(=O)c2ccccc2)C[C@@H]1c1cccc(F)c1. The number of rotatable bonds is 7. The number of unbranched alkanes of at least 4 members (excludes halogenated alkanes) is 1. The Balaban J connectivity index is 1.89. The van der Waals surface area contributed by atoms with Crippen LogP contribution in [-0.4, -0.2) is 38.3 Å². The summed E-state index contributed by atoms with van der Waals surface area (Å²) in [6.45, 7) is 2.81. The minimum Gasteiger partial charge on any atom is -0.356 e. The molecular formula is C21H25FN2O3S. The normalized spacial score (nSPS) is 20.2. The molecule has 0 aromatic heterocycles. The second kappa shape index (κ2) is 8.84. The molecule has 2 atom stereocenters. The van der Waals surface area contributed by atoms with Crippen LogP contribution < -0.4 is 5.32 Å². The van der Waals surface area contributed by atoms with Crippen LogP contribution in [0.25, 0.3) is 0 Å². The molecule has 1 fully saturated rings. The molecule has 1 N–H and O–H groups in total. The number of halogens is 1. The van der Waals surface area contributed by atoms with Gasteiger partial charge in [-0.1, -0.05) is 43.7 Å². The van der Waals surface area contributed by atoms with Crippen LogP contribution >= 0.6 is 0 Å². The molecule has 0 spiro atoms. The highest BCUT2D eigenvalue weighted by Gasteiger charge is 2.43. The fourth-order valence-electron chi connectivity index (χ4n) is 3.57. The maximum atomic E-state index is 13.8. The van der Waals surface area contributed by atoms with Crippen LogP contribution in [0.15, 0.2) is 59.5 Å². The minimum atomic E-state index is -3.72. The Labute approximate surface area is 165 Å². The van der Waals surface area contributed by atoms with Crippen molar-refractivity contribution < 1.29 is 17.6 Å². The van der Waals surface area contributed by atoms with E-state index in [9.17, 15) is 17.6 Å². The zero-order chi connectivity index (χ0) is 20.1. The fraction of sp³-hybridized carbons (Fsp3) is 0.381. The van der Waals surface area contributed by atoms with Crippen LogP contribution in [0, 0.1) is 11.7 Å². The molecule has 0 aliphatic carbocycles. The lowest BCUT2D eigenvalue weighted by Gasteiger charge is -2.18. The molecule has 0 bridgehead atoms. The molecule has 1 amide bonds. The Hall–Kier alpha value is -2.25. The summed E-state index contributed by atoms with van der Waals surface area (Å²) >= 11 is 0. The smallest absolute Gasteiger partial charge is 0.243 e. The van der Waals surface area contributed by atoms with Crippen molar-refractivity contribution in [3.63, 3.8) is 0 Å². The maximum Gasteiger partial charge on any atom is 0.243 e. The number of benzene rings is 2. The average molecular weight is 405 g/mol. The molecule has 1 heterocycles. The minimum absolute atomic E-state index is 0.0797. The number of sulfonamides is 1. The first kappa shape index (κ1) is 20.5. The van der Waals surface area contributed by atoms with E-state index in [1.807, 2.05) is 6.92 Å². The van der Waals surface area contributed by atoms with E-state index >= 15 is 0 Å². The largest absolute Gasteiger partial charge is 0.356 e. The third-order valence-electron chi connectivity index (χ3n) is 5.11. The van der Waals surface area contributed by atoms with Crippen molar-refractivity contribution in [2.45, 2.75) is 30.6 Å². The molecule has 0 unspecified atom stereocenters. The van der Waals surface area contributed by atoms with Gasteiger partial charge in [0.05, 0.1) is 10.8 Å². The lowest BCUT2D eigenvalue weighted by Crippen LogP contribution is -2.36. The molecule has 5 nitrogen and oxygen atoms in total. The molecule has 7 heteroatoms. The molecule has 1 aliphatic heterocycles. The molecule has 2 aromatic rings. The van der Waals surface area contributed by atoms with E-state index in [4.69, 9.17) is 0 Å². The van der Waals surface area contributed by atoms with Gasteiger partial charge in [-0.25, -0.2) is 12.8 Å². The molecular weight excluding hydrogens is 379 g/mol. The van der Waals surface area contributed by atoms with Crippen molar-refractivity contribution in [2.24, 2.45) is 5.92 Å². The van der Waals surface area contributed by atoms with E-state index in [0.717, 1.165) is 12.8 Å². The molecule has 0 saturated carbocycles. The van der Waals surface area contributed by atoms with Gasteiger partial charge in [0.15, 0.2) is 0 Å². The quantitative estimate of drug-likeness (QED) is 0.721. The summed E-state index contributed by atoms with van der Waals surface area (Å²) in [5.74, 6) is -1.53. The zero-order valence-corrected chi connectivity index (χ0v) is 16.7. The van der Waals surface area contributed by atoms with Gasteiger partial charge in [-0.05, 0) is 36.2 Å². The van der Waals surface area contributed by atoms with Gasteiger partial charge in [-0.2, -0.15) is 4.31 Å². The Kier molecular flexibility index (Phi) is 6.46. The molecule has 1 saturated heterocycles. The monoisotopic (exact) mass is 404 g/mol. The molecule has 0 radical (unpaired) electrons. The van der Waals surface area contributed by atoms with Gasteiger partial charge in [0.2, 0.25) is 15.9 Å². The van der Waals surface area contributed by atoms with Gasteiger partial charge < -0.3 is 5.32 Å². The fourth-order valence-corrected chi connectivity index (χ4v) is 5.08. The number of hydrogen-bond acceptors (Lipinski definition) is 3. The van der Waals surface area contributed by atoms with Crippen molar-refractivity contribution in [1.29, 1.82) is 0 Å². The predicted molar refractivity (Wildman–Crippen MR) is 106 cm³/mol. The third-order valence-corrected chi connectivity index (χ3v) is 6.96. The number of carbonyl (C=O) groups excluding carboxylic acids is 1. The molecule has 150 valence electrons. The summed E-state index contributed by atoms with van der Waals surface area (Å²) in [6, 6.07) is 14.2. The predicted octanol–water partition coefficient (Wildman–Crippen LogP) is 3.15. The number of hydrogen-bond donors (Lipinski definition) is 1. The van der Waals surface area contributed by atoms with Crippen LogP contribution in [0.5, 0.6) is 0 Å². The lowest BCUT2D eigenvalue weighted by atomic mass is 9.88. The Morgan fingerprint density at radius 1 is 1.14 bits per heavy atom. The van der Waals surface area contributed by atoms with Crippen LogP contribution in [-0.2, 0) is 14.8 Å². The van der Waals surface area contributed by atoms with E-state index in [2.05, 4.69) is 5.32 Å². The van der Waals surface area contributed by atoms with E-state index in [1.165, 1.54) is 16.4 Å². The van der Waals surface area contributed by atoms with Gasteiger partial charge in [0.25, 0.3) is 0 Å². The van der Waals surface area contributed by atoms with Gasteiger partial charge in [-0.15, -0.1) is 0 Å². The summed E-state index contributed by atoms with van der Waals surface area (Å²) < 4.78 is 41.1. The highest BCUT2D eigenvalue weighted by Crippen LogP contribution is 2.36. The molecule has 28 heavy (non-hydrogen) atoms. The van der Waals surface area contributed by atoms with Gasteiger partial charge in [0.1, 0.15) is 5.82 Å². The van der Waals surface area contributed by atoms with Gasteiger partial charge >= 0.3 is 0 Å². The summed E-state index contributed by atoms with van der Waals surface area (Å²) in [4.78, 5) is 13.0. The highest BCUT2D eigenvalue weighted by molar-refractivity contribution is 7.89. The van der Waals surface area contributed by atoms with E-state index in [0.29, 0.717) is 12.1 Å². The van der Waals surface area contributed by atoms with Gasteiger partial charge in [0, 0.05) is 25.6 Å². The summed E-state index contributed by atoms with van der Waals surface area (Å²) in [6.07, 6.45) is 1.81. The van der Waals surface area contributed by atoms with Crippen LogP contribution in [0.1, 0.15) is 31.2 Å². The first-order valence-corrected chi connectivity index (χ1v) is 11.0. The number of amides is 1. The van der Waals surface area contributed by atoms with Gasteiger partial charge in [-0.3, -0.25) is 4.79 Å². The Bertz CT molecular complexity index is 918.